The van der Waals surface area contributed by atoms with Gasteiger partial charge in [0.1, 0.15) is 0 Å². The Balaban J connectivity index is 3.85. The number of halogens is 1. The fourth-order valence-corrected chi connectivity index (χ4v) is 0. The van der Waals surface area contributed by atoms with Crippen molar-refractivity contribution in [2.75, 3.05) is 0 Å². The van der Waals surface area contributed by atoms with E-state index in [4.69, 9.17) is 0 Å². The van der Waals surface area contributed by atoms with Crippen molar-refractivity contribution in [2.24, 2.45) is 0 Å². The molecular weight excluding hydrogens is 222 g/mol. The van der Waals surface area contributed by atoms with Gasteiger partial charge in [-0.3, -0.25) is 0 Å². The van der Waals surface area contributed by atoms with Crippen LogP contribution in [0.5, 0.6) is 0 Å². The van der Waals surface area contributed by atoms with E-state index in [1.165, 1.54) is 0 Å². The fourth-order valence-electron chi connectivity index (χ4n) is 0. The standard InChI is InChI=1S/IPS2/c1-4(2)3. The molecule has 0 atom stereocenters. The van der Waals surface area contributed by atoms with Crippen LogP contribution in [0.2, 0.25) is 0 Å². The summed E-state index contributed by atoms with van der Waals surface area (Å²) in [4.78, 5) is 0. The van der Waals surface area contributed by atoms with Gasteiger partial charge in [-0.1, -0.05) is 0 Å². The van der Waals surface area contributed by atoms with Gasteiger partial charge in [0.05, 0.1) is 0 Å². The molecule has 0 spiro atoms. The molecule has 0 saturated carbocycles. The van der Waals surface area contributed by atoms with Crippen molar-refractivity contribution in [2.45, 2.75) is 0 Å². The number of rotatable bonds is 0. The molecule has 0 radical (unpaired) electrons. The number of hydrogen-bond donors (Lipinski definition) is 0. The Hall–Kier alpha value is 1.60. The van der Waals surface area contributed by atoms with Gasteiger partial charge in [0.2, 0.25) is 0 Å². The normalized spacial score (nSPS) is 6.00. The van der Waals surface area contributed by atoms with E-state index in [0.29, 0.717) is 0 Å². The van der Waals surface area contributed by atoms with Gasteiger partial charge in [-0.15, -0.1) is 0 Å². The molecule has 0 unspecified atom stereocenters. The third kappa shape index (κ3) is 9.51. The van der Waals surface area contributed by atoms with Crippen molar-refractivity contribution >= 4 is 45.8 Å². The zero-order valence-electron chi connectivity index (χ0n) is 1.64. The Morgan fingerprint density at radius 1 is 2.00 bits per heavy atom. The average molecular weight is 222 g/mol. The van der Waals surface area contributed by atoms with Crippen LogP contribution in [-0.2, 0) is 16.8 Å². The monoisotopic (exact) mass is 222 g/mol. The van der Waals surface area contributed by atoms with Crippen LogP contribution < -0.4 is 0 Å². The van der Waals surface area contributed by atoms with E-state index in [9.17, 15) is 0 Å². The molecule has 0 bridgehead atoms. The SMILES string of the molecule is P#S(=S)I. The zero-order valence-corrected chi connectivity index (χ0v) is 6.33. The quantitative estimate of drug-likeness (QED) is 0.341. The van der Waals surface area contributed by atoms with Gasteiger partial charge in [0.25, 0.3) is 0 Å². The van der Waals surface area contributed by atoms with Gasteiger partial charge < -0.3 is 0 Å². The molecule has 0 N–H and O–H groups in total. The summed E-state index contributed by atoms with van der Waals surface area (Å²) < 4.78 is 0. The van der Waals surface area contributed by atoms with E-state index >= 15 is 0 Å². The Kier molecular flexibility index (Phi) is 3.94. The molecule has 0 nitrogen and oxygen atoms in total. The van der Waals surface area contributed by atoms with E-state index in [1.807, 2.05) is 0 Å². The van der Waals surface area contributed by atoms with Crippen LogP contribution in [0, 0.1) is 0 Å². The molecule has 4 heteroatoms. The summed E-state index contributed by atoms with van der Waals surface area (Å²) in [5, 5.41) is 0. The molecule has 4 heavy (non-hydrogen) atoms. The zero-order chi connectivity index (χ0) is 3.58. The summed E-state index contributed by atoms with van der Waals surface area (Å²) in [6.07, 6.45) is 0. The topological polar surface area (TPSA) is 0 Å². The van der Waals surface area contributed by atoms with Gasteiger partial charge in [0.15, 0.2) is 0 Å². The van der Waals surface area contributed by atoms with Crippen molar-refractivity contribution in [1.82, 2.24) is 0 Å². The van der Waals surface area contributed by atoms with Gasteiger partial charge in [0, 0.05) is 0 Å². The molecule has 0 aromatic rings. The molecule has 0 fully saturated rings. The van der Waals surface area contributed by atoms with Crippen molar-refractivity contribution in [3.05, 3.63) is 0 Å². The van der Waals surface area contributed by atoms with Crippen LogP contribution in [0.1, 0.15) is 0 Å². The first-order chi connectivity index (χ1) is 1.73. The first-order valence-corrected chi connectivity index (χ1v) is 6.25. The third-order valence-corrected chi connectivity index (χ3v) is 0. The van der Waals surface area contributed by atoms with Gasteiger partial charge in [-0.2, -0.15) is 0 Å². The van der Waals surface area contributed by atoms with Crippen LogP contribution in [0.15, 0.2) is 0 Å². The molecule has 0 aromatic carbocycles. The molecule has 0 aliphatic heterocycles. The van der Waals surface area contributed by atoms with Crippen molar-refractivity contribution in [3.8, 4) is 0 Å². The van der Waals surface area contributed by atoms with Crippen LogP contribution in [0.3, 0.4) is 0 Å². The second-order valence-electron chi connectivity index (χ2n) is 0.207. The van der Waals surface area contributed by atoms with Crippen molar-refractivity contribution < 1.29 is 0 Å². The molecule has 0 saturated heterocycles. The van der Waals surface area contributed by atoms with Crippen molar-refractivity contribution in [1.29, 1.82) is 0 Å². The summed E-state index contributed by atoms with van der Waals surface area (Å²) in [6.45, 7) is 0. The Morgan fingerprint density at radius 2 is 2.00 bits per heavy atom. The van der Waals surface area contributed by atoms with E-state index in [1.54, 1.807) is 0 Å². The molecule has 0 amide bonds. The van der Waals surface area contributed by atoms with Gasteiger partial charge >= 0.3 is 45.8 Å². The molecule has 0 aliphatic rings. The van der Waals surface area contributed by atoms with E-state index < -0.39 is 0 Å². The van der Waals surface area contributed by atoms with Crippen molar-refractivity contribution in [3.63, 3.8) is 0 Å². The molecule has 0 heterocycles. The molecule has 24 valence electrons. The molecule has 0 aromatic heterocycles. The first-order valence-electron chi connectivity index (χ1n) is 0.504. The summed E-state index contributed by atoms with van der Waals surface area (Å²) in [5.41, 5.74) is -0.113. The molecule has 0 aliphatic carbocycles. The number of hydrogen-bond acceptors (Lipinski definition) is 1. The van der Waals surface area contributed by atoms with Gasteiger partial charge in [-0.25, -0.2) is 0 Å². The van der Waals surface area contributed by atoms with E-state index in [0.717, 1.165) is 0 Å². The first kappa shape index (κ1) is 5.60. The summed E-state index contributed by atoms with van der Waals surface area (Å²) in [6, 6.07) is 0. The molecular formula is IPS2. The predicted molar refractivity (Wildman–Crippen MR) is 35.7 cm³/mol. The summed E-state index contributed by atoms with van der Waals surface area (Å²) in [7, 11) is 3.80. The maximum absolute atomic E-state index is 4.50. The maximum atomic E-state index is 4.50. The second-order valence-corrected chi connectivity index (χ2v) is 9.98. The minimum atomic E-state index is -0.113. The average Bonchev–Trinajstić information content (AvgIpc) is 0.811. The Morgan fingerprint density at radius 3 is 2.00 bits per heavy atom. The Bertz CT molecular complexity index is 96.2. The van der Waals surface area contributed by atoms with Gasteiger partial charge in [-0.05, 0) is 0 Å². The predicted octanol–water partition coefficient (Wildman–Crippen LogP) is 1.74. The molecule has 0 rings (SSSR count). The summed E-state index contributed by atoms with van der Waals surface area (Å²) >= 11 is 6.55. The van der Waals surface area contributed by atoms with Crippen LogP contribution in [0.25, 0.3) is 0 Å². The third-order valence-electron chi connectivity index (χ3n) is 0. The minimum absolute atomic E-state index is 0.113. The summed E-state index contributed by atoms with van der Waals surface area (Å²) in [5.74, 6) is 0. The van der Waals surface area contributed by atoms with Crippen LogP contribution >= 0.6 is 29.0 Å². The van der Waals surface area contributed by atoms with E-state index in [2.05, 4.69) is 40.2 Å². The van der Waals surface area contributed by atoms with E-state index in [-0.39, 0.29) is 5.60 Å². The second kappa shape index (κ2) is 2.82. The van der Waals surface area contributed by atoms with Crippen LogP contribution in [-0.4, -0.2) is 0 Å². The Labute approximate surface area is 45.6 Å². The van der Waals surface area contributed by atoms with Crippen LogP contribution in [0.4, 0.5) is 0 Å². The fraction of sp³-hybridized carbons (Fsp3) is 0.